The third-order valence-electron chi connectivity index (χ3n) is 2.45. The molecule has 0 aliphatic rings. The summed E-state index contributed by atoms with van der Waals surface area (Å²) in [6.45, 7) is 0.409. The van der Waals surface area contributed by atoms with Gasteiger partial charge in [0.1, 0.15) is 18.2 Å². The van der Waals surface area contributed by atoms with Crippen LogP contribution >= 0.6 is 0 Å². The Hall–Kier alpha value is -2.14. The molecule has 5 nitrogen and oxygen atoms in total. The first-order valence-corrected chi connectivity index (χ1v) is 5.63. The van der Waals surface area contributed by atoms with Gasteiger partial charge in [-0.1, -0.05) is 12.1 Å². The van der Waals surface area contributed by atoms with Gasteiger partial charge in [-0.05, 0) is 17.7 Å². The van der Waals surface area contributed by atoms with Crippen molar-refractivity contribution in [1.82, 2.24) is 9.97 Å². The first-order chi connectivity index (χ1) is 8.81. The van der Waals surface area contributed by atoms with Crippen molar-refractivity contribution in [1.29, 1.82) is 0 Å². The molecule has 5 heteroatoms. The molecule has 0 amide bonds. The van der Waals surface area contributed by atoms with Crippen LogP contribution in [0.3, 0.4) is 0 Å². The van der Waals surface area contributed by atoms with Gasteiger partial charge in [0.2, 0.25) is 0 Å². The predicted molar refractivity (Wildman–Crippen MR) is 68.3 cm³/mol. The van der Waals surface area contributed by atoms with E-state index < -0.39 is 0 Å². The number of aliphatic hydroxyl groups is 1. The molecule has 0 saturated heterocycles. The van der Waals surface area contributed by atoms with E-state index in [4.69, 9.17) is 9.84 Å². The van der Waals surface area contributed by atoms with Gasteiger partial charge in [0.15, 0.2) is 0 Å². The number of hydrogen-bond donors (Lipinski definition) is 2. The van der Waals surface area contributed by atoms with Crippen LogP contribution in [0.5, 0.6) is 5.75 Å². The minimum absolute atomic E-state index is 0.0389. The Morgan fingerprint density at radius 3 is 2.50 bits per heavy atom. The molecule has 2 N–H and O–H groups in total. The summed E-state index contributed by atoms with van der Waals surface area (Å²) in [6, 6.07) is 7.29. The number of benzene rings is 1. The fourth-order valence-electron chi connectivity index (χ4n) is 1.41. The number of anilines is 1. The maximum Gasteiger partial charge on any atom is 0.144 e. The van der Waals surface area contributed by atoms with Gasteiger partial charge in [-0.25, -0.2) is 4.98 Å². The van der Waals surface area contributed by atoms with Gasteiger partial charge in [-0.3, -0.25) is 4.98 Å². The summed E-state index contributed by atoms with van der Waals surface area (Å²) >= 11 is 0. The van der Waals surface area contributed by atoms with Crippen molar-refractivity contribution in [3.8, 4) is 5.75 Å². The van der Waals surface area contributed by atoms with Crippen molar-refractivity contribution in [2.75, 3.05) is 12.4 Å². The van der Waals surface area contributed by atoms with Crippen LogP contribution in [-0.4, -0.2) is 22.1 Å². The van der Waals surface area contributed by atoms with Crippen LogP contribution in [0.4, 0.5) is 5.82 Å². The second-order valence-electron chi connectivity index (χ2n) is 3.73. The monoisotopic (exact) mass is 245 g/mol. The molecule has 0 saturated carbocycles. The van der Waals surface area contributed by atoms with Crippen molar-refractivity contribution in [2.45, 2.75) is 13.2 Å². The molecular formula is C13H15N3O2. The second-order valence-corrected chi connectivity index (χ2v) is 3.73. The standard InChI is InChI=1S/C13H15N3O2/c1-14-13-7-15-11(6-16-13)9-18-12-4-2-10(8-17)3-5-12/h2-7,17H,8-9H2,1H3,(H,14,16). The summed E-state index contributed by atoms with van der Waals surface area (Å²) < 4.78 is 5.56. The molecule has 1 aromatic heterocycles. The molecule has 2 rings (SSSR count). The largest absolute Gasteiger partial charge is 0.487 e. The number of nitrogens with one attached hydrogen (secondary N) is 1. The lowest BCUT2D eigenvalue weighted by Gasteiger charge is -2.06. The van der Waals surface area contributed by atoms with E-state index in [2.05, 4.69) is 15.3 Å². The van der Waals surface area contributed by atoms with Gasteiger partial charge in [0.25, 0.3) is 0 Å². The summed E-state index contributed by atoms with van der Waals surface area (Å²) in [6.07, 6.45) is 3.33. The number of rotatable bonds is 5. The Bertz CT molecular complexity index is 435. The first-order valence-electron chi connectivity index (χ1n) is 5.63. The van der Waals surface area contributed by atoms with Gasteiger partial charge in [0.05, 0.1) is 24.7 Å². The van der Waals surface area contributed by atoms with Crippen LogP contribution in [0, 0.1) is 0 Å². The van der Waals surface area contributed by atoms with Gasteiger partial charge in [-0.15, -0.1) is 0 Å². The van der Waals surface area contributed by atoms with E-state index in [0.717, 1.165) is 22.8 Å². The van der Waals surface area contributed by atoms with Crippen LogP contribution in [0.25, 0.3) is 0 Å². The molecule has 2 aromatic rings. The summed E-state index contributed by atoms with van der Waals surface area (Å²) in [5.74, 6) is 1.47. The molecule has 0 radical (unpaired) electrons. The Morgan fingerprint density at radius 2 is 1.94 bits per heavy atom. The third-order valence-corrected chi connectivity index (χ3v) is 2.45. The highest BCUT2D eigenvalue weighted by Gasteiger charge is 1.99. The molecule has 18 heavy (non-hydrogen) atoms. The Labute approximate surface area is 105 Å². The van der Waals surface area contributed by atoms with Crippen molar-refractivity contribution < 1.29 is 9.84 Å². The van der Waals surface area contributed by atoms with Crippen LogP contribution in [0.2, 0.25) is 0 Å². The number of ether oxygens (including phenoxy) is 1. The quantitative estimate of drug-likeness (QED) is 0.837. The van der Waals surface area contributed by atoms with E-state index in [0.29, 0.717) is 6.61 Å². The zero-order valence-electron chi connectivity index (χ0n) is 10.1. The molecule has 94 valence electrons. The summed E-state index contributed by atoms with van der Waals surface area (Å²) in [5.41, 5.74) is 1.63. The van der Waals surface area contributed by atoms with Gasteiger partial charge in [0, 0.05) is 7.05 Å². The Balaban J connectivity index is 1.93. The lowest BCUT2D eigenvalue weighted by atomic mass is 10.2. The molecule has 0 aliphatic heterocycles. The van der Waals surface area contributed by atoms with Crippen LogP contribution in [0.15, 0.2) is 36.7 Å². The van der Waals surface area contributed by atoms with Crippen LogP contribution in [0.1, 0.15) is 11.3 Å². The summed E-state index contributed by atoms with van der Waals surface area (Å²) in [5, 5.41) is 11.8. The number of aromatic nitrogens is 2. The molecule has 0 bridgehead atoms. The van der Waals surface area contributed by atoms with Crippen molar-refractivity contribution in [3.05, 3.63) is 47.9 Å². The molecule has 0 atom stereocenters. The average Bonchev–Trinajstić information content (AvgIpc) is 2.46. The normalized spacial score (nSPS) is 10.1. The van der Waals surface area contributed by atoms with E-state index in [1.54, 1.807) is 19.4 Å². The molecule has 1 heterocycles. The first kappa shape index (κ1) is 12.3. The van der Waals surface area contributed by atoms with E-state index in [9.17, 15) is 0 Å². The number of aliphatic hydroxyl groups excluding tert-OH is 1. The van der Waals surface area contributed by atoms with Gasteiger partial charge < -0.3 is 15.2 Å². The molecule has 0 spiro atoms. The van der Waals surface area contributed by atoms with E-state index >= 15 is 0 Å². The fourth-order valence-corrected chi connectivity index (χ4v) is 1.41. The van der Waals surface area contributed by atoms with Crippen LogP contribution < -0.4 is 10.1 Å². The molecule has 0 aliphatic carbocycles. The molecule has 0 unspecified atom stereocenters. The average molecular weight is 245 g/mol. The maximum absolute atomic E-state index is 8.92. The SMILES string of the molecule is CNc1cnc(COc2ccc(CO)cc2)cn1. The lowest BCUT2D eigenvalue weighted by molar-refractivity contribution is 0.280. The molecule has 0 fully saturated rings. The fraction of sp³-hybridized carbons (Fsp3) is 0.231. The van der Waals surface area contributed by atoms with E-state index in [1.165, 1.54) is 0 Å². The van der Waals surface area contributed by atoms with Crippen molar-refractivity contribution >= 4 is 5.82 Å². The second kappa shape index (κ2) is 5.97. The minimum Gasteiger partial charge on any atom is -0.487 e. The van der Waals surface area contributed by atoms with Crippen molar-refractivity contribution in [3.63, 3.8) is 0 Å². The maximum atomic E-state index is 8.92. The summed E-state index contributed by atoms with van der Waals surface area (Å²) in [4.78, 5) is 8.36. The smallest absolute Gasteiger partial charge is 0.144 e. The van der Waals surface area contributed by atoms with Gasteiger partial charge >= 0.3 is 0 Å². The number of hydrogen-bond acceptors (Lipinski definition) is 5. The van der Waals surface area contributed by atoms with E-state index in [-0.39, 0.29) is 6.61 Å². The van der Waals surface area contributed by atoms with Crippen molar-refractivity contribution in [2.24, 2.45) is 0 Å². The molecular weight excluding hydrogens is 230 g/mol. The Kier molecular flexibility index (Phi) is 4.09. The number of nitrogens with zero attached hydrogens (tertiary/aromatic N) is 2. The highest BCUT2D eigenvalue weighted by atomic mass is 16.5. The Morgan fingerprint density at radius 1 is 1.17 bits per heavy atom. The minimum atomic E-state index is 0.0389. The van der Waals surface area contributed by atoms with Gasteiger partial charge in [-0.2, -0.15) is 0 Å². The predicted octanol–water partition coefficient (Wildman–Crippen LogP) is 1.59. The molecule has 1 aromatic carbocycles. The zero-order chi connectivity index (χ0) is 12.8. The summed E-state index contributed by atoms with van der Waals surface area (Å²) in [7, 11) is 1.79. The highest BCUT2D eigenvalue weighted by molar-refractivity contribution is 5.30. The lowest BCUT2D eigenvalue weighted by Crippen LogP contribution is -2.01. The van der Waals surface area contributed by atoms with E-state index in [1.807, 2.05) is 24.3 Å². The van der Waals surface area contributed by atoms with Crippen LogP contribution in [-0.2, 0) is 13.2 Å². The third kappa shape index (κ3) is 3.18. The topological polar surface area (TPSA) is 67.3 Å². The zero-order valence-corrected chi connectivity index (χ0v) is 10.1. The highest BCUT2D eigenvalue weighted by Crippen LogP contribution is 2.13.